The van der Waals surface area contributed by atoms with Crippen LogP contribution in [-0.4, -0.2) is 29.7 Å². The third-order valence-corrected chi connectivity index (χ3v) is 5.12. The van der Waals surface area contributed by atoms with Gasteiger partial charge in [0.2, 0.25) is 17.6 Å². The predicted molar refractivity (Wildman–Crippen MR) is 102 cm³/mol. The van der Waals surface area contributed by atoms with Crippen molar-refractivity contribution in [2.45, 2.75) is 19.3 Å². The second kappa shape index (κ2) is 7.04. The summed E-state index contributed by atoms with van der Waals surface area (Å²) in [6.07, 6.45) is 0.335. The minimum absolute atomic E-state index is 0.0304. The molecule has 1 aliphatic heterocycles. The Morgan fingerprint density at radius 2 is 2.11 bits per heavy atom. The fraction of sp³-hybridized carbons (Fsp3) is 0.250. The van der Waals surface area contributed by atoms with Gasteiger partial charge in [-0.1, -0.05) is 28.9 Å². The van der Waals surface area contributed by atoms with E-state index in [-0.39, 0.29) is 11.8 Å². The van der Waals surface area contributed by atoms with Crippen LogP contribution >= 0.6 is 11.6 Å². The molecule has 6 nitrogen and oxygen atoms in total. The standard InChI is InChI=1S/C20H18ClN3O3/c1-12-8-15(6-7-17(12)21)24-11-14(10-18(24)25)20-22-19(23-27-20)13-4-3-5-16(9-13)26-2/h3-9,14H,10-11H2,1-2H3. The summed E-state index contributed by atoms with van der Waals surface area (Å²) in [4.78, 5) is 18.7. The monoisotopic (exact) mass is 383 g/mol. The number of ether oxygens (including phenoxy) is 1. The SMILES string of the molecule is COc1cccc(-c2noc(C3CC(=O)N(c4ccc(Cl)c(C)c4)C3)n2)c1. The normalized spacial score (nSPS) is 16.8. The summed E-state index contributed by atoms with van der Waals surface area (Å²) < 4.78 is 10.7. The Morgan fingerprint density at radius 3 is 2.89 bits per heavy atom. The number of hydrogen-bond acceptors (Lipinski definition) is 5. The molecular formula is C20H18ClN3O3. The molecular weight excluding hydrogens is 366 g/mol. The number of aromatic nitrogens is 2. The molecule has 1 saturated heterocycles. The summed E-state index contributed by atoms with van der Waals surface area (Å²) >= 11 is 6.09. The van der Waals surface area contributed by atoms with E-state index in [1.807, 2.05) is 43.3 Å². The quantitative estimate of drug-likeness (QED) is 0.674. The van der Waals surface area contributed by atoms with Crippen LogP contribution in [0.2, 0.25) is 5.02 Å². The van der Waals surface area contributed by atoms with Crippen molar-refractivity contribution in [3.8, 4) is 17.1 Å². The molecule has 0 spiro atoms. The number of amides is 1. The third-order valence-electron chi connectivity index (χ3n) is 4.70. The van der Waals surface area contributed by atoms with E-state index in [2.05, 4.69) is 10.1 Å². The van der Waals surface area contributed by atoms with Gasteiger partial charge in [0.25, 0.3) is 0 Å². The maximum Gasteiger partial charge on any atom is 0.232 e. The van der Waals surface area contributed by atoms with Gasteiger partial charge in [0.15, 0.2) is 0 Å². The first-order chi connectivity index (χ1) is 13.0. The molecule has 0 aliphatic carbocycles. The van der Waals surface area contributed by atoms with Crippen LogP contribution in [0.5, 0.6) is 5.75 Å². The van der Waals surface area contributed by atoms with E-state index in [1.54, 1.807) is 18.1 Å². The molecule has 7 heteroatoms. The fourth-order valence-corrected chi connectivity index (χ4v) is 3.32. The molecule has 2 aromatic carbocycles. The number of rotatable bonds is 4. The molecule has 3 aromatic rings. The maximum absolute atomic E-state index is 12.5. The van der Waals surface area contributed by atoms with Crippen LogP contribution in [-0.2, 0) is 4.79 Å². The van der Waals surface area contributed by atoms with Gasteiger partial charge >= 0.3 is 0 Å². The van der Waals surface area contributed by atoms with Gasteiger partial charge in [-0.05, 0) is 42.8 Å². The molecule has 27 heavy (non-hydrogen) atoms. The van der Waals surface area contributed by atoms with E-state index in [1.165, 1.54) is 0 Å². The highest BCUT2D eigenvalue weighted by Crippen LogP contribution is 2.33. The molecule has 1 aromatic heterocycles. The Kier molecular flexibility index (Phi) is 4.58. The van der Waals surface area contributed by atoms with E-state index in [0.29, 0.717) is 29.7 Å². The van der Waals surface area contributed by atoms with Crippen molar-refractivity contribution >= 4 is 23.2 Å². The Morgan fingerprint density at radius 1 is 1.26 bits per heavy atom. The minimum Gasteiger partial charge on any atom is -0.497 e. The summed E-state index contributed by atoms with van der Waals surface area (Å²) in [5.41, 5.74) is 2.57. The van der Waals surface area contributed by atoms with Crippen LogP contribution in [0.25, 0.3) is 11.4 Å². The van der Waals surface area contributed by atoms with Crippen LogP contribution in [0.1, 0.15) is 23.8 Å². The zero-order valence-electron chi connectivity index (χ0n) is 15.0. The topological polar surface area (TPSA) is 68.5 Å². The Balaban J connectivity index is 1.55. The van der Waals surface area contributed by atoms with E-state index in [0.717, 1.165) is 22.6 Å². The number of benzene rings is 2. The highest BCUT2D eigenvalue weighted by Gasteiger charge is 2.35. The maximum atomic E-state index is 12.5. The van der Waals surface area contributed by atoms with Gasteiger partial charge in [0, 0.05) is 29.2 Å². The Hall–Kier alpha value is -2.86. The van der Waals surface area contributed by atoms with Gasteiger partial charge in [0.05, 0.1) is 13.0 Å². The predicted octanol–water partition coefficient (Wildman–Crippen LogP) is 4.23. The summed E-state index contributed by atoms with van der Waals surface area (Å²) in [6, 6.07) is 13.0. The van der Waals surface area contributed by atoms with Crippen LogP contribution in [0, 0.1) is 6.92 Å². The van der Waals surface area contributed by atoms with Crippen LogP contribution in [0.3, 0.4) is 0 Å². The number of halogens is 1. The summed E-state index contributed by atoms with van der Waals surface area (Å²) in [7, 11) is 1.61. The van der Waals surface area contributed by atoms with Crippen molar-refractivity contribution in [2.75, 3.05) is 18.6 Å². The molecule has 1 fully saturated rings. The molecule has 1 aliphatic rings. The van der Waals surface area contributed by atoms with Crippen molar-refractivity contribution in [3.63, 3.8) is 0 Å². The lowest BCUT2D eigenvalue weighted by molar-refractivity contribution is -0.117. The van der Waals surface area contributed by atoms with E-state index >= 15 is 0 Å². The van der Waals surface area contributed by atoms with Gasteiger partial charge in [-0.15, -0.1) is 0 Å². The second-order valence-corrected chi connectivity index (χ2v) is 6.93. The lowest BCUT2D eigenvalue weighted by Crippen LogP contribution is -2.24. The first-order valence-corrected chi connectivity index (χ1v) is 8.97. The lowest BCUT2D eigenvalue weighted by atomic mass is 10.1. The number of hydrogen-bond donors (Lipinski definition) is 0. The molecule has 2 heterocycles. The number of methoxy groups -OCH3 is 1. The number of nitrogens with zero attached hydrogens (tertiary/aromatic N) is 3. The number of aryl methyl sites for hydroxylation is 1. The molecule has 0 N–H and O–H groups in total. The Bertz CT molecular complexity index is 1000. The van der Waals surface area contributed by atoms with Crippen molar-refractivity contribution in [3.05, 3.63) is 58.9 Å². The zero-order chi connectivity index (χ0) is 19.0. The zero-order valence-corrected chi connectivity index (χ0v) is 15.7. The molecule has 0 radical (unpaired) electrons. The van der Waals surface area contributed by atoms with Gasteiger partial charge in [0.1, 0.15) is 5.75 Å². The van der Waals surface area contributed by atoms with Gasteiger partial charge in [-0.25, -0.2) is 0 Å². The summed E-state index contributed by atoms with van der Waals surface area (Å²) in [5.74, 6) is 1.56. The summed E-state index contributed by atoms with van der Waals surface area (Å²) in [5, 5.41) is 4.75. The average molecular weight is 384 g/mol. The van der Waals surface area contributed by atoms with Crippen molar-refractivity contribution < 1.29 is 14.1 Å². The number of carbonyl (C=O) groups is 1. The summed E-state index contributed by atoms with van der Waals surface area (Å²) in [6.45, 7) is 2.42. The molecule has 1 atom stereocenters. The van der Waals surface area contributed by atoms with Gasteiger partial charge in [-0.3, -0.25) is 4.79 Å². The molecule has 0 saturated carbocycles. The van der Waals surface area contributed by atoms with Crippen LogP contribution < -0.4 is 9.64 Å². The van der Waals surface area contributed by atoms with Crippen LogP contribution in [0.15, 0.2) is 47.0 Å². The second-order valence-electron chi connectivity index (χ2n) is 6.53. The molecule has 1 unspecified atom stereocenters. The van der Waals surface area contributed by atoms with E-state index < -0.39 is 0 Å². The Labute approximate surface area is 161 Å². The van der Waals surface area contributed by atoms with Crippen molar-refractivity contribution in [2.24, 2.45) is 0 Å². The molecule has 1 amide bonds. The number of anilines is 1. The minimum atomic E-state index is -0.139. The van der Waals surface area contributed by atoms with Gasteiger partial charge in [-0.2, -0.15) is 4.98 Å². The van der Waals surface area contributed by atoms with Crippen molar-refractivity contribution in [1.82, 2.24) is 10.1 Å². The highest BCUT2D eigenvalue weighted by atomic mass is 35.5. The average Bonchev–Trinajstić information content (AvgIpc) is 3.31. The first-order valence-electron chi connectivity index (χ1n) is 8.59. The first kappa shape index (κ1) is 17.5. The van der Waals surface area contributed by atoms with Crippen molar-refractivity contribution in [1.29, 1.82) is 0 Å². The highest BCUT2D eigenvalue weighted by molar-refractivity contribution is 6.31. The fourth-order valence-electron chi connectivity index (χ4n) is 3.20. The smallest absolute Gasteiger partial charge is 0.232 e. The van der Waals surface area contributed by atoms with E-state index in [4.69, 9.17) is 20.9 Å². The molecule has 0 bridgehead atoms. The van der Waals surface area contributed by atoms with E-state index in [9.17, 15) is 4.79 Å². The largest absolute Gasteiger partial charge is 0.497 e. The molecule has 138 valence electrons. The number of carbonyl (C=O) groups excluding carboxylic acids is 1. The molecule has 4 rings (SSSR count). The third kappa shape index (κ3) is 3.40. The lowest BCUT2D eigenvalue weighted by Gasteiger charge is -2.17. The van der Waals surface area contributed by atoms with Gasteiger partial charge < -0.3 is 14.2 Å². The van der Waals surface area contributed by atoms with Crippen LogP contribution in [0.4, 0.5) is 5.69 Å².